The molecule has 0 radical (unpaired) electrons. The summed E-state index contributed by atoms with van der Waals surface area (Å²) >= 11 is 0. The Hall–Kier alpha value is -0.0800. The molecule has 0 saturated heterocycles. The molecule has 0 spiro atoms. The van der Waals surface area contributed by atoms with Crippen LogP contribution >= 0.6 is 0 Å². The third kappa shape index (κ3) is 1.62. The molecule has 0 amide bonds. The highest BCUT2D eigenvalue weighted by Crippen LogP contribution is 2.59. The maximum Gasteiger partial charge on any atom is 0.0599 e. The standard InChI is InChI=1S/C14H26O2/c1-13(9-5-6-11(13)10-15)14(2)8-4-3-7-12(14)16/h11-12,15-16H,3-10H2,1-2H3/t11-,12-,13-,14-/m0/s1. The largest absolute Gasteiger partial charge is 0.396 e. The molecule has 2 N–H and O–H groups in total. The lowest BCUT2D eigenvalue weighted by Gasteiger charge is -2.52. The van der Waals surface area contributed by atoms with E-state index in [4.69, 9.17) is 0 Å². The number of aliphatic hydroxyl groups is 2. The minimum absolute atomic E-state index is 0.0230. The van der Waals surface area contributed by atoms with E-state index in [9.17, 15) is 10.2 Å². The maximum atomic E-state index is 10.4. The molecule has 2 saturated carbocycles. The lowest BCUT2D eigenvalue weighted by atomic mass is 9.54. The van der Waals surface area contributed by atoms with E-state index < -0.39 is 0 Å². The second-order valence-corrected chi connectivity index (χ2v) is 6.37. The van der Waals surface area contributed by atoms with E-state index in [2.05, 4.69) is 13.8 Å². The number of rotatable bonds is 2. The number of aliphatic hydroxyl groups excluding tert-OH is 2. The quantitative estimate of drug-likeness (QED) is 0.760. The molecule has 2 aliphatic rings. The van der Waals surface area contributed by atoms with E-state index in [0.717, 1.165) is 25.7 Å². The summed E-state index contributed by atoms with van der Waals surface area (Å²) in [6.07, 6.45) is 7.83. The van der Waals surface area contributed by atoms with Crippen LogP contribution in [0.15, 0.2) is 0 Å². The molecule has 0 heterocycles. The lowest BCUT2D eigenvalue weighted by molar-refractivity contribution is -0.109. The predicted molar refractivity (Wildman–Crippen MR) is 65.1 cm³/mol. The Morgan fingerprint density at radius 1 is 1.00 bits per heavy atom. The average Bonchev–Trinajstić information content (AvgIpc) is 2.66. The molecule has 0 aromatic carbocycles. The molecule has 2 fully saturated rings. The molecule has 0 aromatic rings. The van der Waals surface area contributed by atoms with Crippen molar-refractivity contribution in [1.82, 2.24) is 0 Å². The van der Waals surface area contributed by atoms with Crippen molar-refractivity contribution in [3.05, 3.63) is 0 Å². The van der Waals surface area contributed by atoms with Crippen LogP contribution in [0.5, 0.6) is 0 Å². The fourth-order valence-electron chi connectivity index (χ4n) is 4.26. The minimum Gasteiger partial charge on any atom is -0.396 e. The van der Waals surface area contributed by atoms with Gasteiger partial charge in [0.2, 0.25) is 0 Å². The molecule has 0 aromatic heterocycles. The molecule has 16 heavy (non-hydrogen) atoms. The van der Waals surface area contributed by atoms with Gasteiger partial charge < -0.3 is 10.2 Å². The van der Waals surface area contributed by atoms with Gasteiger partial charge in [-0.2, -0.15) is 0 Å². The topological polar surface area (TPSA) is 40.5 Å². The van der Waals surface area contributed by atoms with Crippen LogP contribution in [-0.4, -0.2) is 22.9 Å². The van der Waals surface area contributed by atoms with Crippen LogP contribution in [0.25, 0.3) is 0 Å². The normalized spacial score (nSPS) is 49.5. The molecule has 2 heteroatoms. The second-order valence-electron chi connectivity index (χ2n) is 6.37. The monoisotopic (exact) mass is 226 g/mol. The van der Waals surface area contributed by atoms with E-state index in [-0.39, 0.29) is 16.9 Å². The van der Waals surface area contributed by atoms with Crippen molar-refractivity contribution in [2.45, 2.75) is 64.9 Å². The SMILES string of the molecule is C[C@]1([C@@]2(C)CCCC[C@@H]2O)CCC[C@H]1CO. The first-order valence-electron chi connectivity index (χ1n) is 6.83. The van der Waals surface area contributed by atoms with Gasteiger partial charge in [-0.15, -0.1) is 0 Å². The summed E-state index contributed by atoms with van der Waals surface area (Å²) in [6.45, 7) is 4.85. The highest BCUT2D eigenvalue weighted by Gasteiger charge is 2.55. The summed E-state index contributed by atoms with van der Waals surface area (Å²) in [5, 5.41) is 19.9. The van der Waals surface area contributed by atoms with Crippen molar-refractivity contribution in [2.75, 3.05) is 6.61 Å². The van der Waals surface area contributed by atoms with E-state index in [1.54, 1.807) is 0 Å². The second kappa shape index (κ2) is 4.30. The van der Waals surface area contributed by atoms with Gasteiger partial charge in [-0.3, -0.25) is 0 Å². The Morgan fingerprint density at radius 2 is 1.69 bits per heavy atom. The van der Waals surface area contributed by atoms with Crippen LogP contribution in [0.4, 0.5) is 0 Å². The number of hydrogen-bond acceptors (Lipinski definition) is 2. The van der Waals surface area contributed by atoms with Crippen molar-refractivity contribution in [1.29, 1.82) is 0 Å². The summed E-state index contributed by atoms with van der Waals surface area (Å²) < 4.78 is 0. The first-order valence-corrected chi connectivity index (χ1v) is 6.83. The average molecular weight is 226 g/mol. The Morgan fingerprint density at radius 3 is 2.31 bits per heavy atom. The molecular weight excluding hydrogens is 200 g/mol. The van der Waals surface area contributed by atoms with Gasteiger partial charge in [-0.1, -0.05) is 33.1 Å². The van der Waals surface area contributed by atoms with Gasteiger partial charge in [0, 0.05) is 6.61 Å². The van der Waals surface area contributed by atoms with Gasteiger partial charge in [0.1, 0.15) is 0 Å². The Balaban J connectivity index is 2.26. The molecule has 0 aliphatic heterocycles. The van der Waals surface area contributed by atoms with Crippen LogP contribution in [0.1, 0.15) is 58.8 Å². The molecule has 2 rings (SSSR count). The minimum atomic E-state index is -0.168. The number of hydrogen-bond donors (Lipinski definition) is 2. The third-order valence-corrected chi connectivity index (χ3v) is 5.83. The van der Waals surface area contributed by atoms with Crippen LogP contribution in [0, 0.1) is 16.7 Å². The zero-order valence-corrected chi connectivity index (χ0v) is 10.7. The van der Waals surface area contributed by atoms with Gasteiger partial charge in [0.25, 0.3) is 0 Å². The van der Waals surface area contributed by atoms with Gasteiger partial charge in [-0.05, 0) is 42.4 Å². The lowest BCUT2D eigenvalue weighted by Crippen LogP contribution is -2.50. The van der Waals surface area contributed by atoms with Crippen LogP contribution in [0.3, 0.4) is 0 Å². The zero-order valence-electron chi connectivity index (χ0n) is 10.7. The molecule has 0 bridgehead atoms. The van der Waals surface area contributed by atoms with Crippen molar-refractivity contribution in [3.63, 3.8) is 0 Å². The summed E-state index contributed by atoms with van der Waals surface area (Å²) in [5.74, 6) is 0.394. The summed E-state index contributed by atoms with van der Waals surface area (Å²) in [4.78, 5) is 0. The van der Waals surface area contributed by atoms with Gasteiger partial charge in [0.15, 0.2) is 0 Å². The Bertz CT molecular complexity index is 251. The molecule has 4 atom stereocenters. The Labute approximate surface area is 99.1 Å². The van der Waals surface area contributed by atoms with Crippen molar-refractivity contribution in [3.8, 4) is 0 Å². The smallest absolute Gasteiger partial charge is 0.0599 e. The summed E-state index contributed by atoms with van der Waals surface area (Å²) in [7, 11) is 0. The molecule has 94 valence electrons. The van der Waals surface area contributed by atoms with E-state index in [1.807, 2.05) is 0 Å². The molecule has 0 unspecified atom stereocenters. The Kier molecular flexibility index (Phi) is 3.33. The van der Waals surface area contributed by atoms with Gasteiger partial charge in [-0.25, -0.2) is 0 Å². The van der Waals surface area contributed by atoms with E-state index >= 15 is 0 Å². The summed E-state index contributed by atoms with van der Waals surface area (Å²) in [6, 6.07) is 0. The molecular formula is C14H26O2. The predicted octanol–water partition coefficient (Wildman–Crippen LogP) is 2.73. The third-order valence-electron chi connectivity index (χ3n) is 5.83. The highest BCUT2D eigenvalue weighted by atomic mass is 16.3. The van der Waals surface area contributed by atoms with Crippen molar-refractivity contribution >= 4 is 0 Å². The van der Waals surface area contributed by atoms with Crippen LogP contribution in [-0.2, 0) is 0 Å². The summed E-state index contributed by atoms with van der Waals surface area (Å²) in [5.41, 5.74) is 0.163. The van der Waals surface area contributed by atoms with Crippen molar-refractivity contribution in [2.24, 2.45) is 16.7 Å². The van der Waals surface area contributed by atoms with E-state index in [1.165, 1.54) is 19.3 Å². The van der Waals surface area contributed by atoms with Gasteiger partial charge >= 0.3 is 0 Å². The van der Waals surface area contributed by atoms with Gasteiger partial charge in [0.05, 0.1) is 6.10 Å². The van der Waals surface area contributed by atoms with Crippen molar-refractivity contribution < 1.29 is 10.2 Å². The fraction of sp³-hybridized carbons (Fsp3) is 1.00. The van der Waals surface area contributed by atoms with E-state index in [0.29, 0.717) is 12.5 Å². The maximum absolute atomic E-state index is 10.4. The first kappa shape index (κ1) is 12.4. The first-order chi connectivity index (χ1) is 7.54. The fourth-order valence-corrected chi connectivity index (χ4v) is 4.26. The molecule has 2 aliphatic carbocycles. The van der Waals surface area contributed by atoms with Crippen LogP contribution < -0.4 is 0 Å². The zero-order chi connectivity index (χ0) is 11.8. The highest BCUT2D eigenvalue weighted by molar-refractivity contribution is 5.04. The molecule has 2 nitrogen and oxygen atoms in total. The van der Waals surface area contributed by atoms with Crippen LogP contribution in [0.2, 0.25) is 0 Å².